The van der Waals surface area contributed by atoms with Crippen LogP contribution in [0.1, 0.15) is 21.5 Å². The average molecular weight is 406 g/mol. The van der Waals surface area contributed by atoms with Gasteiger partial charge in [0.05, 0.1) is 11.3 Å². The molecule has 0 spiro atoms. The summed E-state index contributed by atoms with van der Waals surface area (Å²) < 4.78 is 39.1. The Hall–Kier alpha value is -1.64. The van der Waals surface area contributed by atoms with Crippen molar-refractivity contribution in [1.82, 2.24) is 4.98 Å². The first kappa shape index (κ1) is 15.7. The number of halogens is 4. The summed E-state index contributed by atoms with van der Waals surface area (Å²) in [6.45, 7) is 1.80. The van der Waals surface area contributed by atoms with E-state index in [-0.39, 0.29) is 11.3 Å². The topological polar surface area (TPSA) is 56.0 Å². The molecule has 0 saturated carbocycles. The number of hydrogen-bond donors (Lipinski definition) is 1. The van der Waals surface area contributed by atoms with Crippen LogP contribution in [0.5, 0.6) is 0 Å². The lowest BCUT2D eigenvalue weighted by Gasteiger charge is -2.13. The molecule has 2 aromatic rings. The molecule has 7 heteroatoms. The first-order chi connectivity index (χ1) is 9.71. The van der Waals surface area contributed by atoms with Crippen molar-refractivity contribution in [3.05, 3.63) is 50.7 Å². The SMILES string of the molecule is Cc1ccc(C(N)=O)c(-c2cc(C(F)(F)F)ccn2)c1I. The molecule has 1 amide bonds. The maximum Gasteiger partial charge on any atom is 0.416 e. The van der Waals surface area contributed by atoms with Gasteiger partial charge in [-0.2, -0.15) is 13.2 Å². The van der Waals surface area contributed by atoms with E-state index in [2.05, 4.69) is 4.98 Å². The maximum atomic E-state index is 12.8. The van der Waals surface area contributed by atoms with Gasteiger partial charge in [0.2, 0.25) is 5.91 Å². The maximum absolute atomic E-state index is 12.8. The molecule has 1 aromatic carbocycles. The van der Waals surface area contributed by atoms with E-state index >= 15 is 0 Å². The van der Waals surface area contributed by atoms with E-state index in [1.807, 2.05) is 22.6 Å². The zero-order valence-electron chi connectivity index (χ0n) is 10.8. The largest absolute Gasteiger partial charge is 0.416 e. The number of carbonyl (C=O) groups excluding carboxylic acids is 1. The van der Waals surface area contributed by atoms with Gasteiger partial charge in [-0.05, 0) is 53.3 Å². The second kappa shape index (κ2) is 5.63. The molecular weight excluding hydrogens is 396 g/mol. The predicted molar refractivity (Wildman–Crippen MR) is 80.6 cm³/mol. The Balaban J connectivity index is 2.72. The Labute approximate surface area is 132 Å². The van der Waals surface area contributed by atoms with Crippen LogP contribution >= 0.6 is 22.6 Å². The van der Waals surface area contributed by atoms with Crippen LogP contribution in [0.4, 0.5) is 13.2 Å². The van der Waals surface area contributed by atoms with Crippen molar-refractivity contribution >= 4 is 28.5 Å². The number of rotatable bonds is 2. The summed E-state index contributed by atoms with van der Waals surface area (Å²) in [5.41, 5.74) is 5.87. The van der Waals surface area contributed by atoms with Crippen LogP contribution in [0.15, 0.2) is 30.5 Å². The highest BCUT2D eigenvalue weighted by Crippen LogP contribution is 2.34. The zero-order valence-corrected chi connectivity index (χ0v) is 13.0. The summed E-state index contributed by atoms with van der Waals surface area (Å²) in [6.07, 6.45) is -3.40. The molecule has 0 fully saturated rings. The highest BCUT2D eigenvalue weighted by molar-refractivity contribution is 14.1. The smallest absolute Gasteiger partial charge is 0.366 e. The monoisotopic (exact) mass is 406 g/mol. The molecule has 0 atom stereocenters. The molecule has 0 saturated heterocycles. The van der Waals surface area contributed by atoms with Crippen molar-refractivity contribution in [1.29, 1.82) is 0 Å². The number of aryl methyl sites for hydroxylation is 1. The minimum absolute atomic E-state index is 0.0757. The molecule has 0 radical (unpaired) electrons. The Morgan fingerprint density at radius 3 is 2.52 bits per heavy atom. The molecule has 0 bridgehead atoms. The highest BCUT2D eigenvalue weighted by atomic mass is 127. The molecule has 2 rings (SSSR count). The Morgan fingerprint density at radius 2 is 1.95 bits per heavy atom. The van der Waals surface area contributed by atoms with Gasteiger partial charge < -0.3 is 5.73 Å². The number of hydrogen-bond acceptors (Lipinski definition) is 2. The van der Waals surface area contributed by atoms with Crippen LogP contribution in [0.3, 0.4) is 0 Å². The fourth-order valence-electron chi connectivity index (χ4n) is 1.88. The van der Waals surface area contributed by atoms with Gasteiger partial charge in [-0.15, -0.1) is 0 Å². The van der Waals surface area contributed by atoms with Crippen LogP contribution in [0.25, 0.3) is 11.3 Å². The molecule has 21 heavy (non-hydrogen) atoms. The van der Waals surface area contributed by atoms with Crippen molar-refractivity contribution in [2.24, 2.45) is 5.73 Å². The summed E-state index contributed by atoms with van der Waals surface area (Å²) >= 11 is 1.97. The average Bonchev–Trinajstić information content (AvgIpc) is 2.40. The van der Waals surface area contributed by atoms with E-state index in [4.69, 9.17) is 5.73 Å². The third-order valence-corrected chi connectivity index (χ3v) is 4.33. The van der Waals surface area contributed by atoms with Gasteiger partial charge in [0.25, 0.3) is 0 Å². The van der Waals surface area contributed by atoms with Crippen molar-refractivity contribution in [3.63, 3.8) is 0 Å². The van der Waals surface area contributed by atoms with E-state index in [9.17, 15) is 18.0 Å². The van der Waals surface area contributed by atoms with Crippen molar-refractivity contribution in [3.8, 4) is 11.3 Å². The summed E-state index contributed by atoms with van der Waals surface area (Å²) in [4.78, 5) is 15.5. The molecule has 3 nitrogen and oxygen atoms in total. The summed E-state index contributed by atoms with van der Waals surface area (Å²) in [7, 11) is 0. The van der Waals surface area contributed by atoms with Gasteiger partial charge in [0, 0.05) is 20.9 Å². The molecule has 1 heterocycles. The van der Waals surface area contributed by atoms with E-state index in [0.29, 0.717) is 9.13 Å². The van der Waals surface area contributed by atoms with Gasteiger partial charge in [-0.1, -0.05) is 6.07 Å². The van der Waals surface area contributed by atoms with Gasteiger partial charge in [0.15, 0.2) is 0 Å². The number of carbonyl (C=O) groups is 1. The van der Waals surface area contributed by atoms with Gasteiger partial charge >= 0.3 is 6.18 Å². The van der Waals surface area contributed by atoms with Crippen LogP contribution in [-0.4, -0.2) is 10.9 Å². The lowest BCUT2D eigenvalue weighted by molar-refractivity contribution is -0.137. The standard InChI is InChI=1S/C14H10F3IN2O/c1-7-2-3-9(13(19)21)11(12(7)18)10-6-8(4-5-20-10)14(15,16)17/h2-6H,1H3,(H2,19,21). The lowest BCUT2D eigenvalue weighted by atomic mass is 9.99. The first-order valence-electron chi connectivity index (χ1n) is 5.84. The number of benzene rings is 1. The van der Waals surface area contributed by atoms with Gasteiger partial charge in [-0.3, -0.25) is 9.78 Å². The third kappa shape index (κ3) is 3.17. The Morgan fingerprint density at radius 1 is 1.29 bits per heavy atom. The summed E-state index contributed by atoms with van der Waals surface area (Å²) in [6, 6.07) is 5.00. The fraction of sp³-hybridized carbons (Fsp3) is 0.143. The van der Waals surface area contributed by atoms with Gasteiger partial charge in [-0.25, -0.2) is 0 Å². The summed E-state index contributed by atoms with van der Waals surface area (Å²) in [5, 5.41) is 0. The van der Waals surface area contributed by atoms with Crippen molar-refractivity contribution in [2.45, 2.75) is 13.1 Å². The number of pyridine rings is 1. The lowest BCUT2D eigenvalue weighted by Crippen LogP contribution is -2.14. The van der Waals surface area contributed by atoms with Crippen LogP contribution in [0, 0.1) is 10.5 Å². The van der Waals surface area contributed by atoms with E-state index < -0.39 is 17.6 Å². The number of aromatic nitrogens is 1. The molecule has 2 N–H and O–H groups in total. The quantitative estimate of drug-likeness (QED) is 0.773. The number of alkyl halides is 3. The molecule has 0 aliphatic carbocycles. The number of nitrogens with two attached hydrogens (primary N) is 1. The van der Waals surface area contributed by atoms with E-state index in [1.54, 1.807) is 13.0 Å². The van der Waals surface area contributed by atoms with E-state index in [1.165, 1.54) is 6.07 Å². The van der Waals surface area contributed by atoms with E-state index in [0.717, 1.165) is 23.9 Å². The molecular formula is C14H10F3IN2O. The number of amides is 1. The number of nitrogens with zero attached hydrogens (tertiary/aromatic N) is 1. The third-order valence-electron chi connectivity index (χ3n) is 2.94. The number of primary amides is 1. The first-order valence-corrected chi connectivity index (χ1v) is 6.92. The fourth-order valence-corrected chi connectivity index (χ4v) is 2.63. The van der Waals surface area contributed by atoms with Crippen LogP contribution in [0.2, 0.25) is 0 Å². The van der Waals surface area contributed by atoms with Crippen molar-refractivity contribution < 1.29 is 18.0 Å². The second-order valence-corrected chi connectivity index (χ2v) is 5.49. The molecule has 0 unspecified atom stereocenters. The normalized spacial score (nSPS) is 11.5. The second-order valence-electron chi connectivity index (χ2n) is 4.41. The highest BCUT2D eigenvalue weighted by Gasteiger charge is 2.31. The van der Waals surface area contributed by atoms with Crippen LogP contribution in [-0.2, 0) is 6.18 Å². The molecule has 0 aliphatic heterocycles. The Kier molecular flexibility index (Phi) is 4.22. The minimum atomic E-state index is -4.47. The Bertz CT molecular complexity index is 714. The molecule has 1 aromatic heterocycles. The minimum Gasteiger partial charge on any atom is -0.366 e. The summed E-state index contributed by atoms with van der Waals surface area (Å²) in [5.74, 6) is -0.706. The zero-order chi connectivity index (χ0) is 15.8. The van der Waals surface area contributed by atoms with Crippen molar-refractivity contribution in [2.75, 3.05) is 0 Å². The predicted octanol–water partition coefficient (Wildman–Crippen LogP) is 3.78. The van der Waals surface area contributed by atoms with Crippen LogP contribution < -0.4 is 5.73 Å². The molecule has 0 aliphatic rings. The van der Waals surface area contributed by atoms with Gasteiger partial charge in [0.1, 0.15) is 0 Å². The molecule has 110 valence electrons.